The smallest absolute Gasteiger partial charge is 0.274 e. The number of anilines is 1. The van der Waals surface area contributed by atoms with Crippen molar-refractivity contribution in [1.29, 1.82) is 0 Å². The molecule has 1 N–H and O–H groups in total. The summed E-state index contributed by atoms with van der Waals surface area (Å²) < 4.78 is 1.59. The highest BCUT2D eigenvalue weighted by Gasteiger charge is 2.19. The van der Waals surface area contributed by atoms with Crippen LogP contribution in [0.1, 0.15) is 21.7 Å². The van der Waals surface area contributed by atoms with Gasteiger partial charge in [-0.2, -0.15) is 0 Å². The lowest BCUT2D eigenvalue weighted by Crippen LogP contribution is -2.16. The SMILES string of the molecule is Cc1ccc(Cl)cc1NC(=O)c1c(C)nc2c(Cl)cc(Cl)cn12. The molecule has 0 unspecified atom stereocenters. The zero-order valence-electron chi connectivity index (χ0n) is 12.3. The van der Waals surface area contributed by atoms with E-state index in [1.54, 1.807) is 35.7 Å². The van der Waals surface area contributed by atoms with Crippen molar-refractivity contribution in [3.05, 3.63) is 62.5 Å². The topological polar surface area (TPSA) is 46.4 Å². The van der Waals surface area contributed by atoms with Gasteiger partial charge in [-0.1, -0.05) is 40.9 Å². The largest absolute Gasteiger partial charge is 0.320 e. The number of nitrogens with zero attached hydrogens (tertiary/aromatic N) is 2. The van der Waals surface area contributed by atoms with Crippen LogP contribution in [0.25, 0.3) is 5.65 Å². The molecule has 3 rings (SSSR count). The van der Waals surface area contributed by atoms with E-state index in [2.05, 4.69) is 10.3 Å². The third-order valence-electron chi connectivity index (χ3n) is 3.48. The Balaban J connectivity index is 2.08. The zero-order chi connectivity index (χ0) is 16.7. The molecule has 2 heterocycles. The van der Waals surface area contributed by atoms with E-state index in [0.29, 0.717) is 37.8 Å². The molecule has 3 aromatic rings. The van der Waals surface area contributed by atoms with Crippen molar-refractivity contribution in [3.63, 3.8) is 0 Å². The second-order valence-corrected chi connectivity index (χ2v) is 6.44. The molecule has 2 aromatic heterocycles. The van der Waals surface area contributed by atoms with Crippen molar-refractivity contribution >= 4 is 52.0 Å². The summed E-state index contributed by atoms with van der Waals surface area (Å²) in [6.07, 6.45) is 1.61. The van der Waals surface area contributed by atoms with Crippen LogP contribution in [-0.4, -0.2) is 15.3 Å². The minimum atomic E-state index is -0.307. The lowest BCUT2D eigenvalue weighted by atomic mass is 10.2. The van der Waals surface area contributed by atoms with Crippen LogP contribution in [-0.2, 0) is 0 Å². The Kier molecular flexibility index (Phi) is 4.23. The van der Waals surface area contributed by atoms with Gasteiger partial charge in [0.25, 0.3) is 5.91 Å². The Morgan fingerprint density at radius 1 is 1.13 bits per heavy atom. The van der Waals surface area contributed by atoms with Crippen LogP contribution >= 0.6 is 34.8 Å². The van der Waals surface area contributed by atoms with Crippen LogP contribution < -0.4 is 5.32 Å². The first-order valence-electron chi connectivity index (χ1n) is 6.78. The molecule has 0 bridgehead atoms. The molecule has 1 amide bonds. The van der Waals surface area contributed by atoms with Crippen molar-refractivity contribution in [1.82, 2.24) is 9.38 Å². The number of rotatable bonds is 2. The number of aryl methyl sites for hydroxylation is 2. The quantitative estimate of drug-likeness (QED) is 0.679. The van der Waals surface area contributed by atoms with E-state index in [1.165, 1.54) is 0 Å². The molecule has 4 nitrogen and oxygen atoms in total. The fraction of sp³-hybridized carbons (Fsp3) is 0.125. The van der Waals surface area contributed by atoms with E-state index in [0.717, 1.165) is 5.56 Å². The molecule has 0 atom stereocenters. The van der Waals surface area contributed by atoms with Crippen LogP contribution in [0.5, 0.6) is 0 Å². The molecule has 0 saturated carbocycles. The monoisotopic (exact) mass is 367 g/mol. The summed E-state index contributed by atoms with van der Waals surface area (Å²) >= 11 is 18.2. The number of pyridine rings is 1. The molecule has 0 saturated heterocycles. The van der Waals surface area contributed by atoms with Crippen LogP contribution in [0.15, 0.2) is 30.5 Å². The minimum absolute atomic E-state index is 0.307. The average Bonchev–Trinajstić information content (AvgIpc) is 2.79. The van der Waals surface area contributed by atoms with Crippen molar-refractivity contribution in [2.75, 3.05) is 5.32 Å². The Morgan fingerprint density at radius 3 is 2.61 bits per heavy atom. The Bertz CT molecular complexity index is 934. The van der Waals surface area contributed by atoms with E-state index >= 15 is 0 Å². The van der Waals surface area contributed by atoms with Gasteiger partial charge in [0.1, 0.15) is 5.69 Å². The molecule has 1 aromatic carbocycles. The number of nitrogens with one attached hydrogen (secondary N) is 1. The summed E-state index contributed by atoms with van der Waals surface area (Å²) in [6, 6.07) is 6.90. The number of hydrogen-bond donors (Lipinski definition) is 1. The molecular formula is C16H12Cl3N3O. The number of amides is 1. The third kappa shape index (κ3) is 3.02. The normalized spacial score (nSPS) is 11.0. The molecule has 0 aliphatic rings. The lowest BCUT2D eigenvalue weighted by molar-refractivity contribution is 0.102. The number of halogens is 3. The number of imidazole rings is 1. The van der Waals surface area contributed by atoms with Gasteiger partial charge in [-0.3, -0.25) is 9.20 Å². The van der Waals surface area contributed by atoms with Gasteiger partial charge in [0.2, 0.25) is 0 Å². The maximum Gasteiger partial charge on any atom is 0.274 e. The molecule has 0 aliphatic heterocycles. The molecule has 7 heteroatoms. The maximum absolute atomic E-state index is 12.7. The minimum Gasteiger partial charge on any atom is -0.320 e. The molecule has 0 fully saturated rings. The standard InChI is InChI=1S/C16H12Cl3N3O/c1-8-3-4-10(17)6-13(8)21-16(23)14-9(2)20-15-12(19)5-11(18)7-22(14)15/h3-7H,1-2H3,(H,21,23). The Morgan fingerprint density at radius 2 is 1.87 bits per heavy atom. The fourth-order valence-electron chi connectivity index (χ4n) is 2.37. The summed E-state index contributed by atoms with van der Waals surface area (Å²) in [5.41, 5.74) is 2.98. The van der Waals surface area contributed by atoms with Gasteiger partial charge >= 0.3 is 0 Å². The summed E-state index contributed by atoms with van der Waals surface area (Å²) in [5.74, 6) is -0.307. The molecule has 0 spiro atoms. The highest BCUT2D eigenvalue weighted by molar-refractivity contribution is 6.36. The Labute approximate surface area is 148 Å². The molecule has 0 radical (unpaired) electrons. The highest BCUT2D eigenvalue weighted by Crippen LogP contribution is 2.26. The van der Waals surface area contributed by atoms with E-state index in [1.807, 2.05) is 13.0 Å². The number of hydrogen-bond acceptors (Lipinski definition) is 2. The number of benzene rings is 1. The third-order valence-corrected chi connectivity index (χ3v) is 4.20. The van der Waals surface area contributed by atoms with Gasteiger partial charge in [-0.05, 0) is 37.6 Å². The van der Waals surface area contributed by atoms with Gasteiger partial charge in [0, 0.05) is 16.9 Å². The summed E-state index contributed by atoms with van der Waals surface area (Å²) in [7, 11) is 0. The number of carbonyl (C=O) groups excluding carboxylic acids is 1. The number of carbonyl (C=O) groups is 1. The van der Waals surface area contributed by atoms with Crippen molar-refractivity contribution in [2.45, 2.75) is 13.8 Å². The van der Waals surface area contributed by atoms with Crippen LogP contribution in [0.2, 0.25) is 15.1 Å². The van der Waals surface area contributed by atoms with E-state index in [-0.39, 0.29) is 5.91 Å². The Hall–Kier alpha value is -1.75. The van der Waals surface area contributed by atoms with E-state index < -0.39 is 0 Å². The average molecular weight is 369 g/mol. The zero-order valence-corrected chi connectivity index (χ0v) is 14.6. The van der Waals surface area contributed by atoms with Gasteiger partial charge in [-0.15, -0.1) is 0 Å². The van der Waals surface area contributed by atoms with Gasteiger partial charge in [0.05, 0.1) is 15.7 Å². The van der Waals surface area contributed by atoms with Gasteiger partial charge < -0.3 is 5.32 Å². The van der Waals surface area contributed by atoms with Crippen LogP contribution in [0.3, 0.4) is 0 Å². The second kappa shape index (κ2) is 6.04. The van der Waals surface area contributed by atoms with Crippen LogP contribution in [0, 0.1) is 13.8 Å². The molecular weight excluding hydrogens is 357 g/mol. The lowest BCUT2D eigenvalue weighted by Gasteiger charge is -2.09. The maximum atomic E-state index is 12.7. The second-order valence-electron chi connectivity index (χ2n) is 5.16. The van der Waals surface area contributed by atoms with Gasteiger partial charge in [0.15, 0.2) is 5.65 Å². The van der Waals surface area contributed by atoms with Crippen molar-refractivity contribution in [3.8, 4) is 0 Å². The van der Waals surface area contributed by atoms with Crippen molar-refractivity contribution < 1.29 is 4.79 Å². The van der Waals surface area contributed by atoms with Crippen molar-refractivity contribution in [2.24, 2.45) is 0 Å². The molecule has 118 valence electrons. The predicted octanol–water partition coefficient (Wildman–Crippen LogP) is 5.16. The summed E-state index contributed by atoms with van der Waals surface area (Å²) in [4.78, 5) is 17.0. The summed E-state index contributed by atoms with van der Waals surface area (Å²) in [5, 5.41) is 4.21. The number of aromatic nitrogens is 2. The molecule has 23 heavy (non-hydrogen) atoms. The first-order chi connectivity index (χ1) is 10.9. The number of fused-ring (bicyclic) bond motifs is 1. The van der Waals surface area contributed by atoms with E-state index in [9.17, 15) is 4.79 Å². The van der Waals surface area contributed by atoms with Gasteiger partial charge in [-0.25, -0.2) is 4.98 Å². The first-order valence-corrected chi connectivity index (χ1v) is 7.91. The fourth-order valence-corrected chi connectivity index (χ4v) is 3.06. The van der Waals surface area contributed by atoms with Crippen LogP contribution in [0.4, 0.5) is 5.69 Å². The predicted molar refractivity (Wildman–Crippen MR) is 94.1 cm³/mol. The van der Waals surface area contributed by atoms with E-state index in [4.69, 9.17) is 34.8 Å². The first kappa shape index (κ1) is 16.1. The molecule has 0 aliphatic carbocycles. The summed E-state index contributed by atoms with van der Waals surface area (Å²) in [6.45, 7) is 3.64. The highest BCUT2D eigenvalue weighted by atomic mass is 35.5.